The Morgan fingerprint density at radius 1 is 0.720 bits per heavy atom. The zero-order valence-corrected chi connectivity index (χ0v) is 14.5. The summed E-state index contributed by atoms with van der Waals surface area (Å²) in [6, 6.07) is 29.1. The third kappa shape index (κ3) is 3.51. The van der Waals surface area contributed by atoms with Crippen LogP contribution in [-0.4, -0.2) is 16.5 Å². The highest BCUT2D eigenvalue weighted by Crippen LogP contribution is 2.44. The van der Waals surface area contributed by atoms with E-state index in [2.05, 4.69) is 49.4 Å². The Morgan fingerprint density at radius 3 is 1.68 bits per heavy atom. The monoisotopic (exact) mass is 332 g/mol. The molecule has 0 heterocycles. The van der Waals surface area contributed by atoms with Crippen LogP contribution in [0.2, 0.25) is 0 Å². The Bertz CT molecular complexity index is 755. The number of rotatable bonds is 6. The van der Waals surface area contributed by atoms with Gasteiger partial charge < -0.3 is 10.2 Å². The first-order chi connectivity index (χ1) is 12.1. The molecule has 3 aromatic rings. The van der Waals surface area contributed by atoms with Crippen LogP contribution >= 0.6 is 0 Å². The second kappa shape index (κ2) is 7.64. The maximum absolute atomic E-state index is 9.58. The number of aliphatic hydroxyl groups excluding tert-OH is 1. The molecule has 3 rings (SSSR count). The fourth-order valence-corrected chi connectivity index (χ4v) is 3.74. The summed E-state index contributed by atoms with van der Waals surface area (Å²) in [5.74, 6) is 0. The lowest BCUT2D eigenvalue weighted by Crippen LogP contribution is -2.31. The maximum Gasteiger partial charge on any atom is 0.151 e. The molecule has 0 saturated carbocycles. The van der Waals surface area contributed by atoms with Crippen molar-refractivity contribution in [2.45, 2.75) is 31.5 Å². The van der Waals surface area contributed by atoms with E-state index < -0.39 is 11.7 Å². The van der Waals surface area contributed by atoms with Gasteiger partial charge in [-0.25, -0.2) is 0 Å². The molecule has 3 aromatic carbocycles. The molecule has 0 unspecified atom stereocenters. The Morgan fingerprint density at radius 2 is 1.20 bits per heavy atom. The number of benzene rings is 3. The molecule has 2 nitrogen and oxygen atoms in total. The molecule has 0 radical (unpaired) electrons. The second-order valence-corrected chi connectivity index (χ2v) is 6.47. The summed E-state index contributed by atoms with van der Waals surface area (Å²) in [4.78, 5) is 0. The first-order valence-corrected chi connectivity index (χ1v) is 8.68. The maximum atomic E-state index is 9.58. The SMILES string of the molecule is Cc1ccccc1C(CCC(O)O)(c1ccccc1)c1ccccc1. The van der Waals surface area contributed by atoms with E-state index in [-0.39, 0.29) is 0 Å². The van der Waals surface area contributed by atoms with E-state index in [0.717, 1.165) is 11.1 Å². The van der Waals surface area contributed by atoms with Crippen molar-refractivity contribution in [3.8, 4) is 0 Å². The number of aliphatic hydroxyl groups is 2. The van der Waals surface area contributed by atoms with Gasteiger partial charge in [-0.3, -0.25) is 0 Å². The molecule has 0 aliphatic carbocycles. The summed E-state index contributed by atoms with van der Waals surface area (Å²) in [6.45, 7) is 2.12. The van der Waals surface area contributed by atoms with E-state index in [1.165, 1.54) is 11.1 Å². The van der Waals surface area contributed by atoms with Crippen LogP contribution in [0.5, 0.6) is 0 Å². The molecule has 0 saturated heterocycles. The normalized spacial score (nSPS) is 11.7. The van der Waals surface area contributed by atoms with Crippen LogP contribution in [0.15, 0.2) is 84.9 Å². The first-order valence-electron chi connectivity index (χ1n) is 8.68. The third-order valence-electron chi connectivity index (χ3n) is 4.92. The molecule has 128 valence electrons. The summed E-state index contributed by atoms with van der Waals surface area (Å²) in [6.07, 6.45) is -0.405. The Labute approximate surface area is 149 Å². The van der Waals surface area contributed by atoms with E-state index in [1.54, 1.807) is 0 Å². The van der Waals surface area contributed by atoms with E-state index in [4.69, 9.17) is 0 Å². The van der Waals surface area contributed by atoms with Gasteiger partial charge in [-0.1, -0.05) is 84.9 Å². The zero-order valence-electron chi connectivity index (χ0n) is 14.5. The molecule has 0 aliphatic heterocycles. The number of aryl methyl sites for hydroxylation is 1. The number of hydrogen-bond donors (Lipinski definition) is 2. The molecule has 0 aromatic heterocycles. The first kappa shape index (κ1) is 17.4. The van der Waals surface area contributed by atoms with E-state index >= 15 is 0 Å². The van der Waals surface area contributed by atoms with Gasteiger partial charge in [0, 0.05) is 5.41 Å². The highest BCUT2D eigenvalue weighted by atomic mass is 16.5. The van der Waals surface area contributed by atoms with Gasteiger partial charge in [0.2, 0.25) is 0 Å². The van der Waals surface area contributed by atoms with E-state index in [9.17, 15) is 10.2 Å². The van der Waals surface area contributed by atoms with Gasteiger partial charge in [-0.05, 0) is 42.0 Å². The van der Waals surface area contributed by atoms with Crippen LogP contribution in [0, 0.1) is 6.92 Å². The number of hydrogen-bond acceptors (Lipinski definition) is 2. The largest absolute Gasteiger partial charge is 0.368 e. The van der Waals surface area contributed by atoms with Crippen LogP contribution in [0.25, 0.3) is 0 Å². The second-order valence-electron chi connectivity index (χ2n) is 6.47. The van der Waals surface area contributed by atoms with Gasteiger partial charge in [-0.2, -0.15) is 0 Å². The summed E-state index contributed by atoms with van der Waals surface area (Å²) >= 11 is 0. The average molecular weight is 332 g/mol. The fourth-order valence-electron chi connectivity index (χ4n) is 3.74. The van der Waals surface area contributed by atoms with Crippen LogP contribution in [0.4, 0.5) is 0 Å². The highest BCUT2D eigenvalue weighted by molar-refractivity contribution is 5.52. The minimum Gasteiger partial charge on any atom is -0.368 e. The van der Waals surface area contributed by atoms with Crippen molar-refractivity contribution < 1.29 is 10.2 Å². The van der Waals surface area contributed by atoms with Crippen molar-refractivity contribution in [1.82, 2.24) is 0 Å². The van der Waals surface area contributed by atoms with E-state index in [0.29, 0.717) is 12.8 Å². The predicted octanol–water partition coefficient (Wildman–Crippen LogP) is 4.42. The molecular formula is C23H24O2. The zero-order chi connectivity index (χ0) is 17.7. The van der Waals surface area contributed by atoms with Gasteiger partial charge in [0.05, 0.1) is 0 Å². The molecule has 0 bridgehead atoms. The molecule has 0 fully saturated rings. The van der Waals surface area contributed by atoms with Crippen LogP contribution in [0.3, 0.4) is 0 Å². The summed E-state index contributed by atoms with van der Waals surface area (Å²) in [5, 5.41) is 19.2. The standard InChI is InChI=1S/C23H24O2/c1-18-10-8-9-15-21(18)23(17-16-22(24)25,19-11-4-2-5-12-19)20-13-6-3-7-14-20/h2-15,22,24-25H,16-17H2,1H3. The summed E-state index contributed by atoms with van der Waals surface area (Å²) in [5.41, 5.74) is 4.31. The molecular weight excluding hydrogens is 308 g/mol. The van der Waals surface area contributed by atoms with Crippen molar-refractivity contribution in [2.75, 3.05) is 0 Å². The van der Waals surface area contributed by atoms with Crippen LogP contribution in [-0.2, 0) is 5.41 Å². The van der Waals surface area contributed by atoms with Crippen molar-refractivity contribution >= 4 is 0 Å². The predicted molar refractivity (Wildman–Crippen MR) is 101 cm³/mol. The Balaban J connectivity index is 2.29. The van der Waals surface area contributed by atoms with Crippen molar-refractivity contribution in [2.24, 2.45) is 0 Å². The van der Waals surface area contributed by atoms with Gasteiger partial charge in [0.1, 0.15) is 0 Å². The lowest BCUT2D eigenvalue weighted by atomic mass is 9.65. The molecule has 25 heavy (non-hydrogen) atoms. The third-order valence-corrected chi connectivity index (χ3v) is 4.92. The van der Waals surface area contributed by atoms with Gasteiger partial charge >= 0.3 is 0 Å². The van der Waals surface area contributed by atoms with Gasteiger partial charge in [-0.15, -0.1) is 0 Å². The molecule has 2 heteroatoms. The smallest absolute Gasteiger partial charge is 0.151 e. The average Bonchev–Trinajstić information content (AvgIpc) is 2.65. The topological polar surface area (TPSA) is 40.5 Å². The lowest BCUT2D eigenvalue weighted by molar-refractivity contribution is -0.0483. The van der Waals surface area contributed by atoms with Gasteiger partial charge in [0.25, 0.3) is 0 Å². The highest BCUT2D eigenvalue weighted by Gasteiger charge is 2.37. The molecule has 2 N–H and O–H groups in total. The Kier molecular flexibility index (Phi) is 5.32. The van der Waals surface area contributed by atoms with Crippen molar-refractivity contribution in [1.29, 1.82) is 0 Å². The van der Waals surface area contributed by atoms with Crippen LogP contribution in [0.1, 0.15) is 35.1 Å². The molecule has 0 atom stereocenters. The molecule has 0 aliphatic rings. The van der Waals surface area contributed by atoms with Crippen molar-refractivity contribution in [3.05, 3.63) is 107 Å². The summed E-state index contributed by atoms with van der Waals surface area (Å²) in [7, 11) is 0. The fraction of sp³-hybridized carbons (Fsp3) is 0.217. The van der Waals surface area contributed by atoms with Crippen LogP contribution < -0.4 is 0 Å². The molecule has 0 spiro atoms. The van der Waals surface area contributed by atoms with E-state index in [1.807, 2.05) is 42.5 Å². The lowest BCUT2D eigenvalue weighted by Gasteiger charge is -2.37. The van der Waals surface area contributed by atoms with Crippen molar-refractivity contribution in [3.63, 3.8) is 0 Å². The Hall–Kier alpha value is -2.42. The summed E-state index contributed by atoms with van der Waals surface area (Å²) < 4.78 is 0. The quantitative estimate of drug-likeness (QED) is 0.518. The minimum atomic E-state index is -1.32. The molecule has 0 amide bonds. The van der Waals surface area contributed by atoms with Gasteiger partial charge in [0.15, 0.2) is 6.29 Å². The minimum absolute atomic E-state index is 0.304.